The smallest absolute Gasteiger partial charge is 0.264 e. The van der Waals surface area contributed by atoms with E-state index in [0.29, 0.717) is 11.4 Å². The summed E-state index contributed by atoms with van der Waals surface area (Å²) in [5, 5.41) is 0. The first kappa shape index (κ1) is 16.4. The van der Waals surface area contributed by atoms with E-state index in [2.05, 4.69) is 0 Å². The number of rotatable bonds is 3. The van der Waals surface area contributed by atoms with Crippen LogP contribution < -0.4 is 9.21 Å². The van der Waals surface area contributed by atoms with Gasteiger partial charge in [0.2, 0.25) is 5.91 Å². The van der Waals surface area contributed by atoms with Crippen LogP contribution in [0, 0.1) is 5.82 Å². The van der Waals surface area contributed by atoms with Gasteiger partial charge in [-0.05, 0) is 50.2 Å². The van der Waals surface area contributed by atoms with Crippen molar-refractivity contribution in [1.82, 2.24) is 0 Å². The molecule has 0 atom stereocenters. The number of hydrogen-bond acceptors (Lipinski definition) is 3. The molecule has 1 aliphatic heterocycles. The Balaban J connectivity index is 2.13. The fourth-order valence-electron chi connectivity index (χ4n) is 2.81. The molecular formula is C17H17FN2O3S. The summed E-state index contributed by atoms with van der Waals surface area (Å²) in [7, 11) is -3.96. The van der Waals surface area contributed by atoms with Crippen LogP contribution in [-0.2, 0) is 14.8 Å². The average molecular weight is 348 g/mol. The maximum absolute atomic E-state index is 13.1. The minimum absolute atomic E-state index is 0.0514. The Bertz CT molecular complexity index is 879. The number of anilines is 2. The highest BCUT2D eigenvalue weighted by molar-refractivity contribution is 7.92. The lowest BCUT2D eigenvalue weighted by Gasteiger charge is -2.38. The number of para-hydroxylation sites is 2. The number of sulfonamides is 1. The zero-order valence-corrected chi connectivity index (χ0v) is 14.1. The monoisotopic (exact) mass is 348 g/mol. The molecule has 5 nitrogen and oxygen atoms in total. The standard InChI is InChI=1S/C17H17FN2O3S/c1-12(2)20-16-6-4-3-5-15(16)19(11-17(20)21)24(22,23)14-9-7-13(18)8-10-14/h3-10,12H,11H2,1-2H3. The Morgan fingerprint density at radius 2 is 1.58 bits per heavy atom. The van der Waals surface area contributed by atoms with Gasteiger partial charge in [0.15, 0.2) is 0 Å². The first-order chi connectivity index (χ1) is 11.3. The van der Waals surface area contributed by atoms with Crippen LogP contribution in [0.4, 0.5) is 15.8 Å². The normalized spacial score (nSPS) is 14.9. The summed E-state index contributed by atoms with van der Waals surface area (Å²) in [5.74, 6) is -0.815. The Kier molecular flexibility index (Phi) is 4.04. The van der Waals surface area contributed by atoms with Crippen LogP contribution in [0.1, 0.15) is 13.8 Å². The summed E-state index contributed by atoms with van der Waals surface area (Å²) in [5.41, 5.74) is 0.990. The van der Waals surface area contributed by atoms with E-state index in [-0.39, 0.29) is 23.4 Å². The molecular weight excluding hydrogens is 331 g/mol. The van der Waals surface area contributed by atoms with Gasteiger partial charge in [-0.25, -0.2) is 12.8 Å². The molecule has 0 radical (unpaired) electrons. The predicted molar refractivity (Wildman–Crippen MR) is 90.0 cm³/mol. The minimum Gasteiger partial charge on any atom is -0.306 e. The second-order valence-electron chi connectivity index (χ2n) is 5.81. The lowest BCUT2D eigenvalue weighted by atomic mass is 10.1. The second-order valence-corrected chi connectivity index (χ2v) is 7.67. The van der Waals surface area contributed by atoms with Crippen molar-refractivity contribution in [2.24, 2.45) is 0 Å². The van der Waals surface area contributed by atoms with Crippen molar-refractivity contribution in [1.29, 1.82) is 0 Å². The van der Waals surface area contributed by atoms with Gasteiger partial charge < -0.3 is 4.90 Å². The molecule has 1 amide bonds. The quantitative estimate of drug-likeness (QED) is 0.857. The minimum atomic E-state index is -3.96. The van der Waals surface area contributed by atoms with Gasteiger partial charge in [-0.1, -0.05) is 12.1 Å². The summed E-state index contributed by atoms with van der Waals surface area (Å²) < 4.78 is 40.0. The highest BCUT2D eigenvalue weighted by atomic mass is 32.2. The Morgan fingerprint density at radius 3 is 2.17 bits per heavy atom. The van der Waals surface area contributed by atoms with Crippen LogP contribution in [0.5, 0.6) is 0 Å². The van der Waals surface area contributed by atoms with Gasteiger partial charge >= 0.3 is 0 Å². The average Bonchev–Trinajstić information content (AvgIpc) is 2.54. The topological polar surface area (TPSA) is 57.7 Å². The number of hydrogen-bond donors (Lipinski definition) is 0. The molecule has 0 spiro atoms. The largest absolute Gasteiger partial charge is 0.306 e. The Morgan fingerprint density at radius 1 is 1.00 bits per heavy atom. The first-order valence-corrected chi connectivity index (χ1v) is 8.96. The molecule has 2 aromatic carbocycles. The SMILES string of the molecule is CC(C)N1C(=O)CN(S(=O)(=O)c2ccc(F)cc2)c2ccccc21. The van der Waals surface area contributed by atoms with Crippen molar-refractivity contribution in [3.63, 3.8) is 0 Å². The number of nitrogens with zero attached hydrogens (tertiary/aromatic N) is 2. The van der Waals surface area contributed by atoms with Crippen molar-refractivity contribution < 1.29 is 17.6 Å². The van der Waals surface area contributed by atoms with Crippen LogP contribution in [-0.4, -0.2) is 26.9 Å². The second kappa shape index (κ2) is 5.90. The van der Waals surface area contributed by atoms with Gasteiger partial charge in [0, 0.05) is 6.04 Å². The molecule has 0 saturated heterocycles. The maximum atomic E-state index is 13.1. The van der Waals surface area contributed by atoms with Gasteiger partial charge in [0.1, 0.15) is 12.4 Å². The molecule has 0 bridgehead atoms. The molecule has 1 heterocycles. The predicted octanol–water partition coefficient (Wildman–Crippen LogP) is 2.78. The van der Waals surface area contributed by atoms with Gasteiger partial charge in [-0.2, -0.15) is 0 Å². The fraction of sp³-hybridized carbons (Fsp3) is 0.235. The molecule has 0 aromatic heterocycles. The number of halogens is 1. The third-order valence-electron chi connectivity index (χ3n) is 3.88. The van der Waals surface area contributed by atoms with Gasteiger partial charge in [-0.3, -0.25) is 9.10 Å². The van der Waals surface area contributed by atoms with Crippen molar-refractivity contribution in [2.45, 2.75) is 24.8 Å². The van der Waals surface area contributed by atoms with Crippen LogP contribution in [0.15, 0.2) is 53.4 Å². The molecule has 1 aliphatic rings. The van der Waals surface area contributed by atoms with E-state index < -0.39 is 15.8 Å². The zero-order valence-electron chi connectivity index (χ0n) is 13.3. The molecule has 0 unspecified atom stereocenters. The van der Waals surface area contributed by atoms with Crippen LogP contribution >= 0.6 is 0 Å². The lowest BCUT2D eigenvalue weighted by molar-refractivity contribution is -0.117. The maximum Gasteiger partial charge on any atom is 0.264 e. The Labute approximate surface area is 140 Å². The van der Waals surface area contributed by atoms with Gasteiger partial charge in [0.25, 0.3) is 10.0 Å². The summed E-state index contributed by atoms with van der Waals surface area (Å²) in [6.45, 7) is 3.46. The van der Waals surface area contributed by atoms with E-state index in [1.54, 1.807) is 29.2 Å². The molecule has 3 rings (SSSR count). The third-order valence-corrected chi connectivity index (χ3v) is 5.65. The summed E-state index contributed by atoms with van der Waals surface area (Å²) in [6.07, 6.45) is 0. The first-order valence-electron chi connectivity index (χ1n) is 7.52. The van der Waals surface area contributed by atoms with E-state index in [1.165, 1.54) is 12.1 Å². The van der Waals surface area contributed by atoms with Gasteiger partial charge in [0.05, 0.1) is 16.3 Å². The summed E-state index contributed by atoms with van der Waals surface area (Å²) in [4.78, 5) is 14.0. The Hall–Kier alpha value is -2.41. The van der Waals surface area contributed by atoms with E-state index in [4.69, 9.17) is 0 Å². The summed E-state index contributed by atoms with van der Waals surface area (Å²) in [6, 6.07) is 11.4. The van der Waals surface area contributed by atoms with Crippen LogP contribution in [0.3, 0.4) is 0 Å². The molecule has 2 aromatic rings. The van der Waals surface area contributed by atoms with Crippen molar-refractivity contribution in [2.75, 3.05) is 15.7 Å². The van der Waals surface area contributed by atoms with Crippen LogP contribution in [0.25, 0.3) is 0 Å². The van der Waals surface area contributed by atoms with E-state index in [1.807, 2.05) is 13.8 Å². The van der Waals surface area contributed by atoms with E-state index in [0.717, 1.165) is 16.4 Å². The van der Waals surface area contributed by atoms with E-state index >= 15 is 0 Å². The molecule has 126 valence electrons. The molecule has 7 heteroatoms. The van der Waals surface area contributed by atoms with E-state index in [9.17, 15) is 17.6 Å². The molecule has 0 fully saturated rings. The summed E-state index contributed by atoms with van der Waals surface area (Å²) >= 11 is 0. The lowest BCUT2D eigenvalue weighted by Crippen LogP contribution is -2.50. The molecule has 0 N–H and O–H groups in total. The molecule has 24 heavy (non-hydrogen) atoms. The highest BCUT2D eigenvalue weighted by Gasteiger charge is 2.37. The van der Waals surface area contributed by atoms with Crippen molar-refractivity contribution in [3.05, 3.63) is 54.3 Å². The van der Waals surface area contributed by atoms with Gasteiger partial charge in [-0.15, -0.1) is 0 Å². The number of fused-ring (bicyclic) bond motifs is 1. The zero-order chi connectivity index (χ0) is 17.5. The number of carbonyl (C=O) groups is 1. The molecule has 0 saturated carbocycles. The number of carbonyl (C=O) groups excluding carboxylic acids is 1. The van der Waals surface area contributed by atoms with Crippen molar-refractivity contribution in [3.8, 4) is 0 Å². The fourth-order valence-corrected chi connectivity index (χ4v) is 4.24. The van der Waals surface area contributed by atoms with Crippen molar-refractivity contribution >= 4 is 27.3 Å². The third kappa shape index (κ3) is 2.65. The number of benzene rings is 2. The van der Waals surface area contributed by atoms with Crippen LogP contribution in [0.2, 0.25) is 0 Å². The number of amides is 1. The molecule has 0 aliphatic carbocycles. The highest BCUT2D eigenvalue weighted by Crippen LogP contribution is 2.37.